The van der Waals surface area contributed by atoms with Crippen LogP contribution in [0.25, 0.3) is 0 Å². The van der Waals surface area contributed by atoms with Crippen molar-refractivity contribution in [2.24, 2.45) is 5.73 Å². The molecule has 1 aromatic heterocycles. The molecule has 0 saturated heterocycles. The van der Waals surface area contributed by atoms with E-state index in [0.29, 0.717) is 13.2 Å². The summed E-state index contributed by atoms with van der Waals surface area (Å²) in [5, 5.41) is 3.20. The molecule has 90 valence electrons. The molecule has 4 nitrogen and oxygen atoms in total. The van der Waals surface area contributed by atoms with Gasteiger partial charge >= 0.3 is 0 Å². The minimum Gasteiger partial charge on any atom is -0.490 e. The third kappa shape index (κ3) is 4.49. The molecule has 0 unspecified atom stereocenters. The van der Waals surface area contributed by atoms with Gasteiger partial charge in [0.2, 0.25) is 0 Å². The minimum atomic E-state index is -0.264. The van der Waals surface area contributed by atoms with Crippen LogP contribution in [0.4, 0.5) is 5.82 Å². The van der Waals surface area contributed by atoms with Crippen molar-refractivity contribution in [1.29, 1.82) is 0 Å². The number of nitrogens with zero attached hydrogens (tertiary/aromatic N) is 1. The Bertz CT molecular complexity index is 320. The molecule has 1 rings (SSSR count). The van der Waals surface area contributed by atoms with Crippen LogP contribution in [-0.2, 0) is 0 Å². The highest BCUT2D eigenvalue weighted by molar-refractivity contribution is 5.49. The lowest BCUT2D eigenvalue weighted by Crippen LogP contribution is -2.39. The smallest absolute Gasteiger partial charge is 0.168 e. The topological polar surface area (TPSA) is 60.2 Å². The standard InChI is InChI=1S/C12H21N3O/c1-4-8-16-10-6-5-7-14-11(10)15-9-12(2,3)13/h5-7H,4,8-9,13H2,1-3H3,(H,14,15). The van der Waals surface area contributed by atoms with E-state index in [-0.39, 0.29) is 5.54 Å². The van der Waals surface area contributed by atoms with Gasteiger partial charge in [-0.1, -0.05) is 6.92 Å². The molecule has 0 atom stereocenters. The van der Waals surface area contributed by atoms with Gasteiger partial charge in [0.05, 0.1) is 6.61 Å². The summed E-state index contributed by atoms with van der Waals surface area (Å²) in [5.74, 6) is 1.54. The van der Waals surface area contributed by atoms with Crippen LogP contribution in [0.2, 0.25) is 0 Å². The molecule has 0 saturated carbocycles. The molecule has 16 heavy (non-hydrogen) atoms. The maximum Gasteiger partial charge on any atom is 0.168 e. The number of hydrogen-bond acceptors (Lipinski definition) is 4. The SMILES string of the molecule is CCCOc1cccnc1NCC(C)(C)N. The first-order valence-electron chi connectivity index (χ1n) is 5.63. The zero-order valence-electron chi connectivity index (χ0n) is 10.3. The Balaban J connectivity index is 2.63. The van der Waals surface area contributed by atoms with Crippen LogP contribution in [0.5, 0.6) is 5.75 Å². The number of rotatable bonds is 6. The summed E-state index contributed by atoms with van der Waals surface area (Å²) >= 11 is 0. The van der Waals surface area contributed by atoms with Gasteiger partial charge in [-0.2, -0.15) is 0 Å². The summed E-state index contributed by atoms with van der Waals surface area (Å²) in [6, 6.07) is 3.78. The van der Waals surface area contributed by atoms with Crippen LogP contribution >= 0.6 is 0 Å². The Morgan fingerprint density at radius 3 is 2.88 bits per heavy atom. The Morgan fingerprint density at radius 1 is 1.50 bits per heavy atom. The molecule has 0 aliphatic carbocycles. The van der Waals surface area contributed by atoms with Crippen molar-refractivity contribution in [2.75, 3.05) is 18.5 Å². The Labute approximate surface area is 97.2 Å². The first kappa shape index (κ1) is 12.8. The van der Waals surface area contributed by atoms with Gasteiger partial charge in [0.15, 0.2) is 11.6 Å². The molecule has 3 N–H and O–H groups in total. The highest BCUT2D eigenvalue weighted by Crippen LogP contribution is 2.21. The van der Waals surface area contributed by atoms with Crippen molar-refractivity contribution < 1.29 is 4.74 Å². The maximum atomic E-state index is 5.90. The number of nitrogens with one attached hydrogen (secondary N) is 1. The van der Waals surface area contributed by atoms with Gasteiger partial charge in [-0.15, -0.1) is 0 Å². The molecule has 0 aliphatic rings. The van der Waals surface area contributed by atoms with Crippen molar-refractivity contribution in [1.82, 2.24) is 4.98 Å². The highest BCUT2D eigenvalue weighted by atomic mass is 16.5. The fourth-order valence-electron chi connectivity index (χ4n) is 1.16. The molecule has 1 heterocycles. The second kappa shape index (κ2) is 5.70. The molecule has 0 aromatic carbocycles. The van der Waals surface area contributed by atoms with E-state index in [2.05, 4.69) is 17.2 Å². The predicted molar refractivity (Wildman–Crippen MR) is 66.8 cm³/mol. The van der Waals surface area contributed by atoms with E-state index in [9.17, 15) is 0 Å². The third-order valence-corrected chi connectivity index (χ3v) is 1.94. The second-order valence-electron chi connectivity index (χ2n) is 4.54. The van der Waals surface area contributed by atoms with Gasteiger partial charge in [0.1, 0.15) is 0 Å². The van der Waals surface area contributed by atoms with Crippen LogP contribution in [-0.4, -0.2) is 23.7 Å². The quantitative estimate of drug-likeness (QED) is 0.774. The zero-order valence-corrected chi connectivity index (χ0v) is 10.3. The average molecular weight is 223 g/mol. The fraction of sp³-hybridized carbons (Fsp3) is 0.583. The molecular weight excluding hydrogens is 202 g/mol. The fourth-order valence-corrected chi connectivity index (χ4v) is 1.16. The van der Waals surface area contributed by atoms with Crippen molar-refractivity contribution in [3.05, 3.63) is 18.3 Å². The zero-order chi connectivity index (χ0) is 12.0. The van der Waals surface area contributed by atoms with E-state index < -0.39 is 0 Å². The third-order valence-electron chi connectivity index (χ3n) is 1.94. The second-order valence-corrected chi connectivity index (χ2v) is 4.54. The molecular formula is C12H21N3O. The minimum absolute atomic E-state index is 0.264. The Morgan fingerprint density at radius 2 is 2.25 bits per heavy atom. The van der Waals surface area contributed by atoms with Gasteiger partial charge < -0.3 is 15.8 Å². The highest BCUT2D eigenvalue weighted by Gasteiger charge is 2.12. The van der Waals surface area contributed by atoms with Crippen LogP contribution in [0, 0.1) is 0 Å². The van der Waals surface area contributed by atoms with Crippen LogP contribution in [0.1, 0.15) is 27.2 Å². The Hall–Kier alpha value is -1.29. The normalized spacial score (nSPS) is 11.2. The molecule has 4 heteroatoms. The lowest BCUT2D eigenvalue weighted by molar-refractivity contribution is 0.317. The summed E-state index contributed by atoms with van der Waals surface area (Å²) in [6.45, 7) is 7.37. The molecule has 0 fully saturated rings. The first-order chi connectivity index (χ1) is 7.53. The lowest BCUT2D eigenvalue weighted by atomic mass is 10.1. The van der Waals surface area contributed by atoms with Crippen LogP contribution < -0.4 is 15.8 Å². The first-order valence-corrected chi connectivity index (χ1v) is 5.63. The maximum absolute atomic E-state index is 5.90. The van der Waals surface area contributed by atoms with E-state index >= 15 is 0 Å². The largest absolute Gasteiger partial charge is 0.490 e. The van der Waals surface area contributed by atoms with E-state index in [1.807, 2.05) is 26.0 Å². The summed E-state index contributed by atoms with van der Waals surface area (Å²) in [7, 11) is 0. The van der Waals surface area contributed by atoms with E-state index in [1.165, 1.54) is 0 Å². The summed E-state index contributed by atoms with van der Waals surface area (Å²) in [5.41, 5.74) is 5.64. The van der Waals surface area contributed by atoms with Crippen molar-refractivity contribution >= 4 is 5.82 Å². The van der Waals surface area contributed by atoms with Gasteiger partial charge in [-0.05, 0) is 32.4 Å². The summed E-state index contributed by atoms with van der Waals surface area (Å²) in [6.07, 6.45) is 2.72. The molecule has 0 spiro atoms. The number of aromatic nitrogens is 1. The molecule has 0 aliphatic heterocycles. The average Bonchev–Trinajstić information content (AvgIpc) is 2.23. The summed E-state index contributed by atoms with van der Waals surface area (Å²) < 4.78 is 5.59. The molecule has 1 aromatic rings. The van der Waals surface area contributed by atoms with E-state index in [4.69, 9.17) is 10.5 Å². The molecule has 0 amide bonds. The van der Waals surface area contributed by atoms with E-state index in [1.54, 1.807) is 6.20 Å². The van der Waals surface area contributed by atoms with Gasteiger partial charge in [-0.25, -0.2) is 4.98 Å². The monoisotopic (exact) mass is 223 g/mol. The van der Waals surface area contributed by atoms with Gasteiger partial charge in [-0.3, -0.25) is 0 Å². The Kier molecular flexibility index (Phi) is 4.55. The number of anilines is 1. The van der Waals surface area contributed by atoms with Crippen molar-refractivity contribution in [3.8, 4) is 5.75 Å². The number of nitrogens with two attached hydrogens (primary N) is 1. The van der Waals surface area contributed by atoms with Crippen LogP contribution in [0.3, 0.4) is 0 Å². The number of hydrogen-bond donors (Lipinski definition) is 2. The lowest BCUT2D eigenvalue weighted by Gasteiger charge is -2.20. The molecule has 0 bridgehead atoms. The van der Waals surface area contributed by atoms with Gasteiger partial charge in [0, 0.05) is 18.3 Å². The van der Waals surface area contributed by atoms with Gasteiger partial charge in [0.25, 0.3) is 0 Å². The number of pyridine rings is 1. The van der Waals surface area contributed by atoms with E-state index in [0.717, 1.165) is 18.0 Å². The van der Waals surface area contributed by atoms with Crippen molar-refractivity contribution in [2.45, 2.75) is 32.7 Å². The summed E-state index contributed by atoms with van der Waals surface area (Å²) in [4.78, 5) is 4.24. The molecule has 0 radical (unpaired) electrons. The van der Waals surface area contributed by atoms with Crippen molar-refractivity contribution in [3.63, 3.8) is 0 Å². The number of ether oxygens (including phenoxy) is 1. The van der Waals surface area contributed by atoms with Crippen LogP contribution in [0.15, 0.2) is 18.3 Å². The predicted octanol–water partition coefficient (Wildman–Crippen LogP) is 2.02.